The predicted molar refractivity (Wildman–Crippen MR) is 95.6 cm³/mol. The fourth-order valence-electron chi connectivity index (χ4n) is 2.34. The van der Waals surface area contributed by atoms with E-state index in [2.05, 4.69) is 12.2 Å². The molecule has 1 aromatic rings. The largest absolute Gasteiger partial charge is 0.491 e. The minimum atomic E-state index is -0.831. The first-order valence-electron chi connectivity index (χ1n) is 8.84. The number of aliphatic carboxylic acids is 1. The van der Waals surface area contributed by atoms with Gasteiger partial charge in [0, 0.05) is 12.8 Å². The number of aryl methyl sites for hydroxylation is 1. The number of carboxylic acids is 1. The molecule has 0 aromatic heterocycles. The van der Waals surface area contributed by atoms with E-state index in [0.717, 1.165) is 37.7 Å². The van der Waals surface area contributed by atoms with Crippen molar-refractivity contribution >= 4 is 17.6 Å². The molecule has 0 fully saturated rings. The van der Waals surface area contributed by atoms with E-state index < -0.39 is 5.97 Å². The fourth-order valence-corrected chi connectivity index (χ4v) is 2.34. The van der Waals surface area contributed by atoms with Gasteiger partial charge in [0.05, 0.1) is 12.3 Å². The number of anilines is 1. The number of nitrogens with one attached hydrogen (secondary N) is 1. The Bertz CT molecular complexity index is 528. The maximum Gasteiger partial charge on any atom is 0.303 e. The molecule has 0 saturated carbocycles. The molecule has 0 saturated heterocycles. The monoisotopic (exact) mass is 335 g/mol. The normalized spacial score (nSPS) is 10.4. The lowest BCUT2D eigenvalue weighted by Crippen LogP contribution is -2.13. The molecule has 24 heavy (non-hydrogen) atoms. The molecule has 0 heterocycles. The number of carboxylic acid groups (broad SMARTS) is 1. The van der Waals surface area contributed by atoms with Crippen molar-refractivity contribution in [3.8, 4) is 5.75 Å². The number of ether oxygens (including phenoxy) is 1. The Morgan fingerprint density at radius 3 is 2.54 bits per heavy atom. The molecule has 0 aliphatic carbocycles. The second-order valence-electron chi connectivity index (χ2n) is 5.93. The first kappa shape index (κ1) is 20.0. The Morgan fingerprint density at radius 2 is 1.88 bits per heavy atom. The summed E-state index contributed by atoms with van der Waals surface area (Å²) in [5.41, 5.74) is 1.51. The quantitative estimate of drug-likeness (QED) is 0.555. The molecular formula is C19H29NO4. The number of unbranched alkanes of at least 4 members (excludes halogenated alkanes) is 3. The van der Waals surface area contributed by atoms with Gasteiger partial charge in [0.15, 0.2) is 0 Å². The lowest BCUT2D eigenvalue weighted by atomic mass is 10.1. The van der Waals surface area contributed by atoms with Crippen LogP contribution in [0.15, 0.2) is 18.2 Å². The van der Waals surface area contributed by atoms with E-state index in [4.69, 9.17) is 9.84 Å². The standard InChI is InChI=1S/C19H29NO4/c1-3-5-6-7-8-18(21)20-16-14-15(10-12-19(22)23)9-11-17(16)24-13-4-2/h9,11,14H,3-8,10,12-13H2,1-2H3,(H,20,21)(H,22,23). The zero-order valence-corrected chi connectivity index (χ0v) is 14.8. The van der Waals surface area contributed by atoms with E-state index in [1.54, 1.807) is 6.07 Å². The summed E-state index contributed by atoms with van der Waals surface area (Å²) >= 11 is 0. The van der Waals surface area contributed by atoms with Crippen molar-refractivity contribution < 1.29 is 19.4 Å². The maximum absolute atomic E-state index is 12.1. The topological polar surface area (TPSA) is 75.6 Å². The van der Waals surface area contributed by atoms with Crippen molar-refractivity contribution in [3.63, 3.8) is 0 Å². The van der Waals surface area contributed by atoms with E-state index >= 15 is 0 Å². The van der Waals surface area contributed by atoms with Gasteiger partial charge in [-0.2, -0.15) is 0 Å². The van der Waals surface area contributed by atoms with Gasteiger partial charge >= 0.3 is 5.97 Å². The molecule has 0 aliphatic heterocycles. The van der Waals surface area contributed by atoms with Gasteiger partial charge in [0.1, 0.15) is 5.75 Å². The van der Waals surface area contributed by atoms with E-state index in [1.165, 1.54) is 0 Å². The maximum atomic E-state index is 12.1. The van der Waals surface area contributed by atoms with Crippen LogP contribution in [0.4, 0.5) is 5.69 Å². The molecule has 5 heteroatoms. The molecule has 0 spiro atoms. The summed E-state index contributed by atoms with van der Waals surface area (Å²) in [6.45, 7) is 4.74. The third-order valence-corrected chi connectivity index (χ3v) is 3.66. The van der Waals surface area contributed by atoms with Crippen molar-refractivity contribution in [1.29, 1.82) is 0 Å². The molecule has 2 N–H and O–H groups in total. The summed E-state index contributed by atoms with van der Waals surface area (Å²) in [6.07, 6.45) is 6.09. The number of amides is 1. The van der Waals surface area contributed by atoms with Crippen LogP contribution in [0.3, 0.4) is 0 Å². The highest BCUT2D eigenvalue weighted by Gasteiger charge is 2.10. The molecule has 1 aromatic carbocycles. The second kappa shape index (κ2) is 11.5. The molecule has 1 rings (SSSR count). The van der Waals surface area contributed by atoms with Crippen molar-refractivity contribution in [3.05, 3.63) is 23.8 Å². The Labute approximate surface area is 144 Å². The van der Waals surface area contributed by atoms with Crippen LogP contribution in [-0.4, -0.2) is 23.6 Å². The molecule has 1 amide bonds. The molecule has 0 unspecified atom stereocenters. The van der Waals surface area contributed by atoms with Crippen LogP contribution in [0.5, 0.6) is 5.75 Å². The van der Waals surface area contributed by atoms with E-state index in [-0.39, 0.29) is 12.3 Å². The summed E-state index contributed by atoms with van der Waals surface area (Å²) in [7, 11) is 0. The number of rotatable bonds is 12. The van der Waals surface area contributed by atoms with Gasteiger partial charge in [-0.15, -0.1) is 0 Å². The summed E-state index contributed by atoms with van der Waals surface area (Å²) in [4.78, 5) is 22.8. The van der Waals surface area contributed by atoms with Crippen molar-refractivity contribution in [2.45, 2.75) is 65.2 Å². The van der Waals surface area contributed by atoms with E-state index in [0.29, 0.717) is 30.9 Å². The minimum absolute atomic E-state index is 0.0252. The van der Waals surface area contributed by atoms with Gasteiger partial charge in [-0.25, -0.2) is 0 Å². The summed E-state index contributed by atoms with van der Waals surface area (Å²) < 4.78 is 5.68. The second-order valence-corrected chi connectivity index (χ2v) is 5.93. The van der Waals surface area contributed by atoms with Crippen molar-refractivity contribution in [2.24, 2.45) is 0 Å². The molecule has 5 nitrogen and oxygen atoms in total. The third kappa shape index (κ3) is 7.99. The van der Waals surface area contributed by atoms with Crippen molar-refractivity contribution in [1.82, 2.24) is 0 Å². The van der Waals surface area contributed by atoms with E-state index in [1.807, 2.05) is 19.1 Å². The van der Waals surface area contributed by atoms with Gasteiger partial charge < -0.3 is 15.2 Å². The first-order chi connectivity index (χ1) is 11.6. The smallest absolute Gasteiger partial charge is 0.303 e. The highest BCUT2D eigenvalue weighted by molar-refractivity contribution is 5.92. The Morgan fingerprint density at radius 1 is 1.08 bits per heavy atom. The number of hydrogen-bond donors (Lipinski definition) is 2. The molecule has 0 bridgehead atoms. The van der Waals surface area contributed by atoms with Crippen LogP contribution in [0, 0.1) is 0 Å². The third-order valence-electron chi connectivity index (χ3n) is 3.66. The number of carbonyl (C=O) groups excluding carboxylic acids is 1. The van der Waals surface area contributed by atoms with Gasteiger partial charge in [-0.1, -0.05) is 39.2 Å². The Balaban J connectivity index is 2.72. The first-order valence-corrected chi connectivity index (χ1v) is 8.84. The van der Waals surface area contributed by atoms with Crippen LogP contribution in [-0.2, 0) is 16.0 Å². The Kier molecular flexibility index (Phi) is 9.58. The van der Waals surface area contributed by atoms with Gasteiger partial charge in [-0.3, -0.25) is 9.59 Å². The zero-order chi connectivity index (χ0) is 17.8. The highest BCUT2D eigenvalue weighted by Crippen LogP contribution is 2.27. The average molecular weight is 335 g/mol. The van der Waals surface area contributed by atoms with Gasteiger partial charge in [0.25, 0.3) is 0 Å². The molecule has 134 valence electrons. The zero-order valence-electron chi connectivity index (χ0n) is 14.8. The van der Waals surface area contributed by atoms with Crippen LogP contribution >= 0.6 is 0 Å². The fraction of sp³-hybridized carbons (Fsp3) is 0.579. The van der Waals surface area contributed by atoms with E-state index in [9.17, 15) is 9.59 Å². The van der Waals surface area contributed by atoms with Crippen LogP contribution < -0.4 is 10.1 Å². The van der Waals surface area contributed by atoms with Crippen LogP contribution in [0.1, 0.15) is 64.4 Å². The number of carbonyl (C=O) groups is 2. The average Bonchev–Trinajstić information content (AvgIpc) is 2.56. The summed E-state index contributed by atoms with van der Waals surface area (Å²) in [5, 5.41) is 11.7. The summed E-state index contributed by atoms with van der Waals surface area (Å²) in [6, 6.07) is 5.47. The predicted octanol–water partition coefficient (Wildman–Crippen LogP) is 4.40. The van der Waals surface area contributed by atoms with Crippen molar-refractivity contribution in [2.75, 3.05) is 11.9 Å². The number of hydrogen-bond acceptors (Lipinski definition) is 3. The number of benzene rings is 1. The molecule has 0 aliphatic rings. The SMILES string of the molecule is CCCCCCC(=O)Nc1cc(CCC(=O)O)ccc1OCCC. The van der Waals surface area contributed by atoms with Crippen LogP contribution in [0.2, 0.25) is 0 Å². The Hall–Kier alpha value is -2.04. The summed E-state index contributed by atoms with van der Waals surface area (Å²) in [5.74, 6) is -0.219. The van der Waals surface area contributed by atoms with Gasteiger partial charge in [-0.05, 0) is 37.0 Å². The lowest BCUT2D eigenvalue weighted by molar-refractivity contribution is -0.137. The molecule has 0 atom stereocenters. The van der Waals surface area contributed by atoms with Gasteiger partial charge in [0.2, 0.25) is 5.91 Å². The minimum Gasteiger partial charge on any atom is -0.491 e. The van der Waals surface area contributed by atoms with Crippen LogP contribution in [0.25, 0.3) is 0 Å². The molecule has 0 radical (unpaired) electrons. The highest BCUT2D eigenvalue weighted by atomic mass is 16.5. The molecular weight excluding hydrogens is 306 g/mol. The lowest BCUT2D eigenvalue weighted by Gasteiger charge is -2.14.